The number of amides is 1. The molecule has 0 aliphatic carbocycles. The minimum atomic E-state index is -0.151. The van der Waals surface area contributed by atoms with Crippen LogP contribution >= 0.6 is 11.8 Å². The molecule has 1 N–H and O–H groups in total. The lowest BCUT2D eigenvalue weighted by Gasteiger charge is -2.04. The van der Waals surface area contributed by atoms with Gasteiger partial charge in [-0.05, 0) is 29.0 Å². The van der Waals surface area contributed by atoms with Crippen molar-refractivity contribution in [1.29, 1.82) is 0 Å². The molecule has 2 aromatic carbocycles. The topological polar surface area (TPSA) is 53.8 Å². The van der Waals surface area contributed by atoms with Crippen LogP contribution in [0.3, 0.4) is 0 Å². The highest BCUT2D eigenvalue weighted by Crippen LogP contribution is 2.23. The molecule has 5 heteroatoms. The molecule has 128 valence electrons. The smallest absolute Gasteiger partial charge is 0.239 e. The van der Waals surface area contributed by atoms with Crippen molar-refractivity contribution in [3.8, 4) is 0 Å². The first kappa shape index (κ1) is 17.4. The second-order valence-electron chi connectivity index (χ2n) is 6.26. The Balaban J connectivity index is 1.59. The lowest BCUT2D eigenvalue weighted by Crippen LogP contribution is -2.25. The number of hydrogen-bond acceptors (Lipinski definition) is 4. The maximum atomic E-state index is 12.1. The summed E-state index contributed by atoms with van der Waals surface area (Å²) in [4.78, 5) is 12.1. The number of benzene rings is 2. The minimum absolute atomic E-state index is 0.0101. The van der Waals surface area contributed by atoms with E-state index in [0.29, 0.717) is 17.5 Å². The van der Waals surface area contributed by atoms with E-state index in [1.54, 1.807) is 6.21 Å². The fourth-order valence-corrected chi connectivity index (χ4v) is 3.49. The van der Waals surface area contributed by atoms with Crippen LogP contribution in [0.4, 0.5) is 0 Å². The summed E-state index contributed by atoms with van der Waals surface area (Å²) in [6, 6.07) is 18.2. The molecule has 2 aromatic rings. The van der Waals surface area contributed by atoms with Crippen molar-refractivity contribution in [2.24, 2.45) is 10.2 Å². The van der Waals surface area contributed by atoms with Gasteiger partial charge in [-0.2, -0.15) is 5.10 Å². The summed E-state index contributed by atoms with van der Waals surface area (Å²) in [7, 11) is 0. The first-order valence-corrected chi connectivity index (χ1v) is 9.22. The Bertz CT molecular complexity index is 782. The van der Waals surface area contributed by atoms with E-state index in [1.165, 1.54) is 17.3 Å². The Labute approximate surface area is 152 Å². The van der Waals surface area contributed by atoms with Crippen molar-refractivity contribution in [3.05, 3.63) is 71.3 Å². The highest BCUT2D eigenvalue weighted by molar-refractivity contribution is 8.15. The van der Waals surface area contributed by atoms with E-state index in [9.17, 15) is 4.79 Å². The van der Waals surface area contributed by atoms with Crippen LogP contribution < -0.4 is 5.32 Å². The van der Waals surface area contributed by atoms with Crippen LogP contribution in [0.15, 0.2) is 64.8 Å². The zero-order chi connectivity index (χ0) is 17.6. The van der Waals surface area contributed by atoms with E-state index in [-0.39, 0.29) is 11.2 Å². The van der Waals surface area contributed by atoms with Gasteiger partial charge < -0.3 is 5.32 Å². The Morgan fingerprint density at radius 1 is 1.12 bits per heavy atom. The van der Waals surface area contributed by atoms with Crippen molar-refractivity contribution in [2.45, 2.75) is 31.4 Å². The van der Waals surface area contributed by atoms with Crippen molar-refractivity contribution < 1.29 is 4.79 Å². The molecule has 0 aromatic heterocycles. The highest BCUT2D eigenvalue weighted by Gasteiger charge is 2.30. The van der Waals surface area contributed by atoms with Gasteiger partial charge in [0.2, 0.25) is 5.91 Å². The van der Waals surface area contributed by atoms with Gasteiger partial charge >= 0.3 is 0 Å². The fraction of sp³-hybridized carbons (Fsp3) is 0.250. The van der Waals surface area contributed by atoms with Gasteiger partial charge in [-0.25, -0.2) is 0 Å². The number of nitrogens with one attached hydrogen (secondary N) is 1. The van der Waals surface area contributed by atoms with Crippen molar-refractivity contribution in [1.82, 2.24) is 5.32 Å². The van der Waals surface area contributed by atoms with E-state index in [0.717, 1.165) is 11.1 Å². The molecule has 1 fully saturated rings. The van der Waals surface area contributed by atoms with Crippen molar-refractivity contribution >= 4 is 29.1 Å². The molecule has 3 rings (SSSR count). The van der Waals surface area contributed by atoms with Crippen molar-refractivity contribution in [2.75, 3.05) is 0 Å². The van der Waals surface area contributed by atoms with Crippen LogP contribution in [0.1, 0.15) is 36.5 Å². The average molecular weight is 351 g/mol. The van der Waals surface area contributed by atoms with E-state index in [2.05, 4.69) is 41.5 Å². The molecule has 4 nitrogen and oxygen atoms in total. The Morgan fingerprint density at radius 2 is 1.84 bits per heavy atom. The SMILES string of the molecule is CC(C)c1ccc(/C=N\N=C2/NC(=O)[C@H](Cc3ccccc3)S2)cc1. The van der Waals surface area contributed by atoms with Crippen LogP contribution in [-0.4, -0.2) is 22.5 Å². The molecule has 1 atom stereocenters. The third kappa shape index (κ3) is 4.79. The third-order valence-corrected chi connectivity index (χ3v) is 5.07. The van der Waals surface area contributed by atoms with Crippen LogP contribution in [0.25, 0.3) is 0 Å². The van der Waals surface area contributed by atoms with E-state index in [4.69, 9.17) is 0 Å². The number of hydrogen-bond donors (Lipinski definition) is 1. The summed E-state index contributed by atoms with van der Waals surface area (Å²) >= 11 is 1.43. The summed E-state index contributed by atoms with van der Waals surface area (Å²) in [6.07, 6.45) is 2.39. The maximum Gasteiger partial charge on any atom is 0.239 e. The third-order valence-electron chi connectivity index (χ3n) is 4.00. The summed E-state index contributed by atoms with van der Waals surface area (Å²) in [5.74, 6) is 0.502. The molecule has 1 saturated heterocycles. The van der Waals surface area contributed by atoms with E-state index in [1.807, 2.05) is 42.5 Å². The molecule has 0 unspecified atom stereocenters. The molecular formula is C20H21N3OS. The Morgan fingerprint density at radius 3 is 2.52 bits per heavy atom. The van der Waals surface area contributed by atoms with E-state index < -0.39 is 0 Å². The second-order valence-corrected chi connectivity index (χ2v) is 7.45. The first-order valence-electron chi connectivity index (χ1n) is 8.34. The van der Waals surface area contributed by atoms with Crippen LogP contribution in [0, 0.1) is 0 Å². The Kier molecular flexibility index (Phi) is 5.66. The van der Waals surface area contributed by atoms with Gasteiger partial charge in [-0.3, -0.25) is 4.79 Å². The van der Waals surface area contributed by atoms with Crippen molar-refractivity contribution in [3.63, 3.8) is 0 Å². The van der Waals surface area contributed by atoms with Gasteiger partial charge in [-0.1, -0.05) is 80.2 Å². The predicted molar refractivity (Wildman–Crippen MR) is 105 cm³/mol. The number of nitrogens with zero attached hydrogens (tertiary/aromatic N) is 2. The van der Waals surface area contributed by atoms with Gasteiger partial charge in [0.05, 0.1) is 11.5 Å². The van der Waals surface area contributed by atoms with E-state index >= 15 is 0 Å². The number of thioether (sulfide) groups is 1. The molecule has 1 aliphatic heterocycles. The van der Waals surface area contributed by atoms with Gasteiger partial charge in [0.15, 0.2) is 5.17 Å². The summed E-state index contributed by atoms with van der Waals surface area (Å²) in [6.45, 7) is 4.34. The standard InChI is InChI=1S/C20H21N3OS/c1-14(2)17-10-8-16(9-11-17)13-21-23-20-22-19(24)18(25-20)12-15-6-4-3-5-7-15/h3-11,13-14,18H,12H2,1-2H3,(H,22,23,24)/b21-13-/t18-/m0/s1. The summed E-state index contributed by atoms with van der Waals surface area (Å²) < 4.78 is 0. The van der Waals surface area contributed by atoms with Gasteiger partial charge in [-0.15, -0.1) is 5.10 Å². The second kappa shape index (κ2) is 8.12. The Hall–Kier alpha value is -2.40. The van der Waals surface area contributed by atoms with Crippen LogP contribution in [0.2, 0.25) is 0 Å². The molecule has 1 heterocycles. The molecule has 0 radical (unpaired) electrons. The molecule has 0 spiro atoms. The quantitative estimate of drug-likeness (QED) is 0.654. The number of carbonyl (C=O) groups excluding carboxylic acids is 1. The molecule has 0 bridgehead atoms. The summed E-state index contributed by atoms with van der Waals surface area (Å²) in [5.41, 5.74) is 3.43. The van der Waals surface area contributed by atoms with Gasteiger partial charge in [0.25, 0.3) is 0 Å². The fourth-order valence-electron chi connectivity index (χ4n) is 2.53. The maximum absolute atomic E-state index is 12.1. The minimum Gasteiger partial charge on any atom is -0.303 e. The lowest BCUT2D eigenvalue weighted by molar-refractivity contribution is -0.118. The lowest BCUT2D eigenvalue weighted by atomic mass is 10.0. The first-order chi connectivity index (χ1) is 12.1. The monoisotopic (exact) mass is 351 g/mol. The molecule has 0 saturated carbocycles. The highest BCUT2D eigenvalue weighted by atomic mass is 32.2. The molecule has 25 heavy (non-hydrogen) atoms. The molecule has 1 aliphatic rings. The number of amidine groups is 1. The zero-order valence-corrected chi connectivity index (χ0v) is 15.2. The van der Waals surface area contributed by atoms with Crippen LogP contribution in [0.5, 0.6) is 0 Å². The largest absolute Gasteiger partial charge is 0.303 e. The molecule has 1 amide bonds. The van der Waals surface area contributed by atoms with Gasteiger partial charge in [0, 0.05) is 0 Å². The van der Waals surface area contributed by atoms with Crippen LogP contribution in [-0.2, 0) is 11.2 Å². The zero-order valence-electron chi connectivity index (χ0n) is 14.3. The summed E-state index contributed by atoms with van der Waals surface area (Å²) in [5, 5.41) is 11.4. The molecular weight excluding hydrogens is 330 g/mol. The predicted octanol–water partition coefficient (Wildman–Crippen LogP) is 3.97. The number of rotatable bonds is 5. The average Bonchev–Trinajstić information content (AvgIpc) is 2.96. The number of carbonyl (C=O) groups is 1. The normalized spacial score (nSPS) is 19.1. The van der Waals surface area contributed by atoms with Gasteiger partial charge in [0.1, 0.15) is 0 Å².